The van der Waals surface area contributed by atoms with E-state index in [1.54, 1.807) is 24.5 Å². The maximum atomic E-state index is 12.5. The summed E-state index contributed by atoms with van der Waals surface area (Å²) in [6.45, 7) is 0.328. The molecule has 0 aliphatic heterocycles. The normalized spacial score (nSPS) is 11.0. The van der Waals surface area contributed by atoms with Crippen LogP contribution in [0, 0.1) is 0 Å². The summed E-state index contributed by atoms with van der Waals surface area (Å²) in [5.74, 6) is 0.503. The Bertz CT molecular complexity index is 1260. The summed E-state index contributed by atoms with van der Waals surface area (Å²) in [4.78, 5) is 28.5. The van der Waals surface area contributed by atoms with Gasteiger partial charge in [0.2, 0.25) is 0 Å². The van der Waals surface area contributed by atoms with E-state index in [2.05, 4.69) is 15.3 Å². The lowest BCUT2D eigenvalue weighted by Crippen LogP contribution is -2.22. The second-order valence-electron chi connectivity index (χ2n) is 6.55. The fraction of sp³-hybridized carbons (Fsp3) is 0.0455. The third-order valence-electron chi connectivity index (χ3n) is 4.64. The number of nitrogens with one attached hydrogen (secondary N) is 3. The van der Waals surface area contributed by atoms with E-state index in [0.717, 1.165) is 22.8 Å². The van der Waals surface area contributed by atoms with E-state index >= 15 is 0 Å². The van der Waals surface area contributed by atoms with Gasteiger partial charge in [0.1, 0.15) is 17.1 Å². The highest BCUT2D eigenvalue weighted by molar-refractivity contribution is 5.97. The number of rotatable bonds is 5. The molecule has 0 atom stereocenters. The third kappa shape index (κ3) is 3.29. The molecular weight excluding hydrogens is 366 g/mol. The predicted octanol–water partition coefficient (Wildman–Crippen LogP) is 4.14. The van der Waals surface area contributed by atoms with E-state index in [0.29, 0.717) is 28.9 Å². The topological polar surface area (TPSA) is 99.6 Å². The van der Waals surface area contributed by atoms with Crippen LogP contribution >= 0.6 is 0 Å². The van der Waals surface area contributed by atoms with Crippen molar-refractivity contribution < 1.29 is 9.21 Å². The molecule has 4 aromatic heterocycles. The van der Waals surface area contributed by atoms with Crippen LogP contribution < -0.4 is 5.32 Å². The van der Waals surface area contributed by atoms with Crippen molar-refractivity contribution in [1.29, 1.82) is 0 Å². The number of fused-ring (bicyclic) bond motifs is 1. The van der Waals surface area contributed by atoms with Crippen LogP contribution in [-0.4, -0.2) is 25.8 Å². The van der Waals surface area contributed by atoms with Gasteiger partial charge in [-0.3, -0.25) is 4.79 Å². The van der Waals surface area contributed by atoms with Gasteiger partial charge < -0.3 is 19.7 Å². The van der Waals surface area contributed by atoms with Crippen molar-refractivity contribution in [2.75, 3.05) is 0 Å². The molecule has 3 N–H and O–H groups in total. The van der Waals surface area contributed by atoms with Crippen LogP contribution in [0.15, 0.2) is 77.7 Å². The van der Waals surface area contributed by atoms with Crippen LogP contribution in [-0.2, 0) is 6.54 Å². The lowest BCUT2D eigenvalue weighted by atomic mass is 10.1. The number of H-pyrrole nitrogens is 2. The SMILES string of the molecule is O=C(NCc1ccco1)c1ccc2nc(-c3ccc[nH]3)c(-c3ccc[nH]3)nc2c1. The number of benzene rings is 1. The number of carbonyl (C=O) groups excluding carboxylic acids is 1. The van der Waals surface area contributed by atoms with Gasteiger partial charge in [0.25, 0.3) is 5.91 Å². The summed E-state index contributed by atoms with van der Waals surface area (Å²) in [6, 6.07) is 16.7. The third-order valence-corrected chi connectivity index (χ3v) is 4.64. The summed E-state index contributed by atoms with van der Waals surface area (Å²) in [5.41, 5.74) is 5.09. The van der Waals surface area contributed by atoms with Gasteiger partial charge in [-0.2, -0.15) is 0 Å². The molecule has 1 aromatic carbocycles. The standard InChI is InChI=1S/C22H17N5O2/c28-22(25-13-15-4-3-11-29-15)14-7-8-16-19(12-14)27-21(18-6-2-10-24-18)20(26-16)17-5-1-9-23-17/h1-12,23-24H,13H2,(H,25,28). The zero-order valence-corrected chi connectivity index (χ0v) is 15.3. The number of hydrogen-bond donors (Lipinski definition) is 3. The Morgan fingerprint density at radius 1 is 0.897 bits per heavy atom. The van der Waals surface area contributed by atoms with Gasteiger partial charge >= 0.3 is 0 Å². The van der Waals surface area contributed by atoms with Crippen LogP contribution in [0.4, 0.5) is 0 Å². The Hall–Kier alpha value is -4.13. The first-order chi connectivity index (χ1) is 14.3. The van der Waals surface area contributed by atoms with E-state index in [1.165, 1.54) is 0 Å². The van der Waals surface area contributed by atoms with Crippen LogP contribution in [0.1, 0.15) is 16.1 Å². The number of hydrogen-bond acceptors (Lipinski definition) is 4. The molecule has 0 saturated heterocycles. The van der Waals surface area contributed by atoms with Crippen molar-refractivity contribution in [3.05, 3.63) is 84.6 Å². The second kappa shape index (κ2) is 7.12. The molecule has 0 bridgehead atoms. The number of furan rings is 1. The van der Waals surface area contributed by atoms with Gasteiger partial charge in [0.15, 0.2) is 0 Å². The van der Waals surface area contributed by atoms with Gasteiger partial charge in [-0.05, 0) is 54.6 Å². The van der Waals surface area contributed by atoms with E-state index in [1.807, 2.05) is 48.8 Å². The first-order valence-electron chi connectivity index (χ1n) is 9.18. The van der Waals surface area contributed by atoms with Gasteiger partial charge in [0.05, 0.1) is 35.2 Å². The zero-order chi connectivity index (χ0) is 19.6. The molecule has 0 radical (unpaired) electrons. The van der Waals surface area contributed by atoms with Crippen LogP contribution in [0.25, 0.3) is 33.8 Å². The van der Waals surface area contributed by atoms with E-state index in [-0.39, 0.29) is 5.91 Å². The summed E-state index contributed by atoms with van der Waals surface area (Å²) in [5, 5.41) is 2.85. The number of aromatic amines is 2. The lowest BCUT2D eigenvalue weighted by Gasteiger charge is -2.09. The summed E-state index contributed by atoms with van der Waals surface area (Å²) in [7, 11) is 0. The molecule has 0 aliphatic rings. The Balaban J connectivity index is 1.54. The van der Waals surface area contributed by atoms with E-state index in [4.69, 9.17) is 14.4 Å². The molecular formula is C22H17N5O2. The molecule has 5 rings (SSSR count). The molecule has 0 unspecified atom stereocenters. The molecule has 5 aromatic rings. The maximum Gasteiger partial charge on any atom is 0.251 e. The minimum Gasteiger partial charge on any atom is -0.467 e. The number of aromatic nitrogens is 4. The van der Waals surface area contributed by atoms with Crippen molar-refractivity contribution in [2.24, 2.45) is 0 Å². The summed E-state index contributed by atoms with van der Waals surface area (Å²) < 4.78 is 5.25. The van der Waals surface area contributed by atoms with Crippen LogP contribution in [0.3, 0.4) is 0 Å². The monoisotopic (exact) mass is 383 g/mol. The molecule has 7 nitrogen and oxygen atoms in total. The van der Waals surface area contributed by atoms with E-state index in [9.17, 15) is 4.79 Å². The highest BCUT2D eigenvalue weighted by Crippen LogP contribution is 2.29. The van der Waals surface area contributed by atoms with Crippen LogP contribution in [0.2, 0.25) is 0 Å². The lowest BCUT2D eigenvalue weighted by molar-refractivity contribution is 0.0948. The minimum absolute atomic E-state index is 0.194. The van der Waals surface area contributed by atoms with Crippen molar-refractivity contribution in [2.45, 2.75) is 6.54 Å². The van der Waals surface area contributed by atoms with Crippen LogP contribution in [0.5, 0.6) is 0 Å². The molecule has 0 spiro atoms. The number of carbonyl (C=O) groups is 1. The average molecular weight is 383 g/mol. The van der Waals surface area contributed by atoms with Crippen molar-refractivity contribution in [3.63, 3.8) is 0 Å². The van der Waals surface area contributed by atoms with Gasteiger partial charge in [-0.1, -0.05) is 0 Å². The van der Waals surface area contributed by atoms with Gasteiger partial charge in [-0.25, -0.2) is 9.97 Å². The maximum absolute atomic E-state index is 12.5. The Labute approximate surface area is 165 Å². The van der Waals surface area contributed by atoms with Crippen molar-refractivity contribution in [3.8, 4) is 22.8 Å². The Morgan fingerprint density at radius 3 is 2.24 bits per heavy atom. The zero-order valence-electron chi connectivity index (χ0n) is 15.3. The Kier molecular flexibility index (Phi) is 4.18. The quantitative estimate of drug-likeness (QED) is 0.425. The first-order valence-corrected chi connectivity index (χ1v) is 9.18. The fourth-order valence-corrected chi connectivity index (χ4v) is 3.21. The molecule has 29 heavy (non-hydrogen) atoms. The second-order valence-corrected chi connectivity index (χ2v) is 6.55. The molecule has 7 heteroatoms. The van der Waals surface area contributed by atoms with E-state index < -0.39 is 0 Å². The molecule has 4 heterocycles. The molecule has 1 amide bonds. The van der Waals surface area contributed by atoms with Gasteiger partial charge in [0, 0.05) is 18.0 Å². The smallest absolute Gasteiger partial charge is 0.251 e. The van der Waals surface area contributed by atoms with Crippen molar-refractivity contribution in [1.82, 2.24) is 25.3 Å². The minimum atomic E-state index is -0.194. The van der Waals surface area contributed by atoms with Crippen molar-refractivity contribution >= 4 is 16.9 Å². The first kappa shape index (κ1) is 17.0. The Morgan fingerprint density at radius 2 is 1.62 bits per heavy atom. The molecule has 0 fully saturated rings. The highest BCUT2D eigenvalue weighted by atomic mass is 16.3. The van der Waals surface area contributed by atoms with Gasteiger partial charge in [-0.15, -0.1) is 0 Å². The molecule has 142 valence electrons. The predicted molar refractivity (Wildman–Crippen MR) is 109 cm³/mol. The highest BCUT2D eigenvalue weighted by Gasteiger charge is 2.16. The summed E-state index contributed by atoms with van der Waals surface area (Å²) >= 11 is 0. The number of amides is 1. The molecule has 0 saturated carbocycles. The largest absolute Gasteiger partial charge is 0.467 e. The average Bonchev–Trinajstić information content (AvgIpc) is 3.53. The fourth-order valence-electron chi connectivity index (χ4n) is 3.21. The summed E-state index contributed by atoms with van der Waals surface area (Å²) in [6.07, 6.45) is 5.28. The number of nitrogens with zero attached hydrogens (tertiary/aromatic N) is 2. The molecule has 0 aliphatic carbocycles.